The van der Waals surface area contributed by atoms with E-state index in [9.17, 15) is 9.59 Å². The molecular formula is C20H24N2O2. The highest BCUT2D eigenvalue weighted by Crippen LogP contribution is 2.16. The Morgan fingerprint density at radius 2 is 1.71 bits per heavy atom. The van der Waals surface area contributed by atoms with Crippen molar-refractivity contribution in [3.63, 3.8) is 0 Å². The summed E-state index contributed by atoms with van der Waals surface area (Å²) in [6.45, 7) is 6.41. The summed E-state index contributed by atoms with van der Waals surface area (Å²) < 4.78 is 0. The van der Waals surface area contributed by atoms with Gasteiger partial charge in [0.2, 0.25) is 11.8 Å². The second kappa shape index (κ2) is 8.29. The van der Waals surface area contributed by atoms with E-state index in [0.29, 0.717) is 13.1 Å². The molecular weight excluding hydrogens is 300 g/mol. The van der Waals surface area contributed by atoms with Gasteiger partial charge < -0.3 is 10.2 Å². The van der Waals surface area contributed by atoms with E-state index in [1.54, 1.807) is 4.90 Å². The van der Waals surface area contributed by atoms with Crippen LogP contribution in [-0.2, 0) is 16.1 Å². The largest absolute Gasteiger partial charge is 0.352 e. The van der Waals surface area contributed by atoms with Gasteiger partial charge in [0, 0.05) is 32.1 Å². The fraction of sp³-hybridized carbons (Fsp3) is 0.300. The highest BCUT2D eigenvalue weighted by molar-refractivity contribution is 5.92. The predicted molar refractivity (Wildman–Crippen MR) is 96.8 cm³/mol. The number of carbonyl (C=O) groups is 2. The third-order valence-corrected chi connectivity index (χ3v) is 3.87. The average Bonchev–Trinajstić information content (AvgIpc) is 2.54. The summed E-state index contributed by atoms with van der Waals surface area (Å²) in [4.78, 5) is 25.6. The molecule has 0 aromatic heterocycles. The van der Waals surface area contributed by atoms with Crippen molar-refractivity contribution >= 4 is 17.5 Å². The van der Waals surface area contributed by atoms with Crippen LogP contribution in [0.25, 0.3) is 0 Å². The molecule has 0 unspecified atom stereocenters. The van der Waals surface area contributed by atoms with Crippen molar-refractivity contribution in [1.29, 1.82) is 0 Å². The third-order valence-electron chi connectivity index (χ3n) is 3.87. The summed E-state index contributed by atoms with van der Waals surface area (Å²) in [5, 5.41) is 2.90. The molecule has 24 heavy (non-hydrogen) atoms. The summed E-state index contributed by atoms with van der Waals surface area (Å²) in [7, 11) is 0. The van der Waals surface area contributed by atoms with Crippen molar-refractivity contribution in [1.82, 2.24) is 5.32 Å². The molecule has 2 aromatic carbocycles. The SMILES string of the molecule is CC(=O)N(CCC(=O)NCc1ccc(C)cc1)c1cccc(C)c1. The normalized spacial score (nSPS) is 10.3. The van der Waals surface area contributed by atoms with Crippen molar-refractivity contribution < 1.29 is 9.59 Å². The first-order valence-electron chi connectivity index (χ1n) is 8.13. The van der Waals surface area contributed by atoms with E-state index in [4.69, 9.17) is 0 Å². The Balaban J connectivity index is 1.88. The quantitative estimate of drug-likeness (QED) is 0.886. The smallest absolute Gasteiger partial charge is 0.223 e. The van der Waals surface area contributed by atoms with Crippen molar-refractivity contribution in [2.75, 3.05) is 11.4 Å². The van der Waals surface area contributed by atoms with Crippen LogP contribution in [-0.4, -0.2) is 18.4 Å². The number of anilines is 1. The van der Waals surface area contributed by atoms with Gasteiger partial charge in [0.1, 0.15) is 0 Å². The Hall–Kier alpha value is -2.62. The van der Waals surface area contributed by atoms with Crippen LogP contribution in [0.15, 0.2) is 48.5 Å². The standard InChI is InChI=1S/C20H24N2O2/c1-15-7-9-18(10-8-15)14-21-20(24)11-12-22(17(3)23)19-6-4-5-16(2)13-19/h4-10,13H,11-12,14H2,1-3H3,(H,21,24). The number of nitrogens with zero attached hydrogens (tertiary/aromatic N) is 1. The molecule has 0 saturated carbocycles. The van der Waals surface area contributed by atoms with Crippen molar-refractivity contribution in [3.05, 3.63) is 65.2 Å². The molecule has 4 heteroatoms. The molecule has 0 aliphatic heterocycles. The minimum Gasteiger partial charge on any atom is -0.352 e. The molecule has 0 bridgehead atoms. The minimum absolute atomic E-state index is 0.0607. The van der Waals surface area contributed by atoms with Crippen molar-refractivity contribution in [2.45, 2.75) is 33.7 Å². The monoisotopic (exact) mass is 324 g/mol. The zero-order valence-electron chi connectivity index (χ0n) is 14.5. The number of aryl methyl sites for hydroxylation is 2. The lowest BCUT2D eigenvalue weighted by molar-refractivity contribution is -0.121. The summed E-state index contributed by atoms with van der Waals surface area (Å²) in [6, 6.07) is 15.8. The predicted octanol–water partition coefficient (Wildman–Crippen LogP) is 3.36. The van der Waals surface area contributed by atoms with Crippen LogP contribution in [0.1, 0.15) is 30.0 Å². The minimum atomic E-state index is -0.0630. The number of nitrogens with one attached hydrogen (secondary N) is 1. The van der Waals surface area contributed by atoms with E-state index in [-0.39, 0.29) is 18.2 Å². The summed E-state index contributed by atoms with van der Waals surface area (Å²) >= 11 is 0. The van der Waals surface area contributed by atoms with Crippen molar-refractivity contribution in [2.24, 2.45) is 0 Å². The number of benzene rings is 2. The molecule has 2 amide bonds. The van der Waals surface area contributed by atoms with E-state index < -0.39 is 0 Å². The molecule has 0 heterocycles. The van der Waals surface area contributed by atoms with E-state index in [0.717, 1.165) is 16.8 Å². The average molecular weight is 324 g/mol. The van der Waals surface area contributed by atoms with Gasteiger partial charge in [0.25, 0.3) is 0 Å². The van der Waals surface area contributed by atoms with E-state index >= 15 is 0 Å². The number of carbonyl (C=O) groups excluding carboxylic acids is 2. The molecule has 2 rings (SSSR count). The first-order valence-corrected chi connectivity index (χ1v) is 8.13. The fourth-order valence-corrected chi connectivity index (χ4v) is 2.47. The zero-order valence-corrected chi connectivity index (χ0v) is 14.5. The molecule has 0 spiro atoms. The number of hydrogen-bond donors (Lipinski definition) is 1. The van der Waals surface area contributed by atoms with Crippen molar-refractivity contribution in [3.8, 4) is 0 Å². The molecule has 0 radical (unpaired) electrons. The lowest BCUT2D eigenvalue weighted by Crippen LogP contribution is -2.33. The van der Waals surface area contributed by atoms with Crippen LogP contribution in [0.5, 0.6) is 0 Å². The highest BCUT2D eigenvalue weighted by atomic mass is 16.2. The maximum atomic E-state index is 12.1. The molecule has 0 atom stereocenters. The topological polar surface area (TPSA) is 49.4 Å². The lowest BCUT2D eigenvalue weighted by atomic mass is 10.1. The van der Waals surface area contributed by atoms with Crippen LogP contribution in [0.2, 0.25) is 0 Å². The number of amides is 2. The summed E-state index contributed by atoms with van der Waals surface area (Å²) in [5.74, 6) is -0.124. The second-order valence-electron chi connectivity index (χ2n) is 6.02. The van der Waals surface area contributed by atoms with Crippen LogP contribution in [0, 0.1) is 13.8 Å². The molecule has 0 saturated heterocycles. The van der Waals surface area contributed by atoms with E-state index in [2.05, 4.69) is 5.32 Å². The van der Waals surface area contributed by atoms with Gasteiger partial charge in [-0.25, -0.2) is 0 Å². The molecule has 2 aromatic rings. The third kappa shape index (κ3) is 5.23. The van der Waals surface area contributed by atoms with Crippen LogP contribution in [0.4, 0.5) is 5.69 Å². The first kappa shape index (κ1) is 17.7. The van der Waals surface area contributed by atoms with Crippen LogP contribution >= 0.6 is 0 Å². The van der Waals surface area contributed by atoms with Gasteiger partial charge in [-0.15, -0.1) is 0 Å². The molecule has 0 aliphatic rings. The van der Waals surface area contributed by atoms with Gasteiger partial charge in [-0.05, 0) is 37.1 Å². The first-order chi connectivity index (χ1) is 11.5. The van der Waals surface area contributed by atoms with Gasteiger partial charge in [0.15, 0.2) is 0 Å². The molecule has 1 N–H and O–H groups in total. The highest BCUT2D eigenvalue weighted by Gasteiger charge is 2.13. The maximum Gasteiger partial charge on any atom is 0.223 e. The number of rotatable bonds is 6. The lowest BCUT2D eigenvalue weighted by Gasteiger charge is -2.21. The van der Waals surface area contributed by atoms with E-state index in [1.165, 1.54) is 12.5 Å². The van der Waals surface area contributed by atoms with Gasteiger partial charge in [-0.2, -0.15) is 0 Å². The molecule has 4 nitrogen and oxygen atoms in total. The van der Waals surface area contributed by atoms with Crippen LogP contribution in [0.3, 0.4) is 0 Å². The summed E-state index contributed by atoms with van der Waals surface area (Å²) in [6.07, 6.45) is 0.277. The Morgan fingerprint density at radius 3 is 2.33 bits per heavy atom. The van der Waals surface area contributed by atoms with Gasteiger partial charge in [-0.1, -0.05) is 42.0 Å². The molecule has 126 valence electrons. The maximum absolute atomic E-state index is 12.1. The van der Waals surface area contributed by atoms with E-state index in [1.807, 2.05) is 62.4 Å². The Morgan fingerprint density at radius 1 is 1.00 bits per heavy atom. The Labute approximate surface area is 143 Å². The fourth-order valence-electron chi connectivity index (χ4n) is 2.47. The molecule has 0 fully saturated rings. The second-order valence-corrected chi connectivity index (χ2v) is 6.02. The van der Waals surface area contributed by atoms with Gasteiger partial charge in [0.05, 0.1) is 0 Å². The van der Waals surface area contributed by atoms with Crippen LogP contribution < -0.4 is 10.2 Å². The number of hydrogen-bond acceptors (Lipinski definition) is 2. The zero-order chi connectivity index (χ0) is 17.5. The van der Waals surface area contributed by atoms with Gasteiger partial charge in [-0.3, -0.25) is 9.59 Å². The summed E-state index contributed by atoms with van der Waals surface area (Å²) in [5.41, 5.74) is 4.17. The molecule has 0 aliphatic carbocycles. The Bertz CT molecular complexity index is 708. The Kier molecular flexibility index (Phi) is 6.13. The van der Waals surface area contributed by atoms with Gasteiger partial charge >= 0.3 is 0 Å².